The number of ether oxygens (including phenoxy) is 2. The molecule has 1 aliphatic carbocycles. The molecule has 1 aliphatic heterocycles. The second-order valence-corrected chi connectivity index (χ2v) is 6.58. The second-order valence-electron chi connectivity index (χ2n) is 6.58. The van der Waals surface area contributed by atoms with E-state index < -0.39 is 5.60 Å². The third kappa shape index (κ3) is 3.43. The number of hydrogen-bond donors (Lipinski definition) is 0. The van der Waals surface area contributed by atoms with Gasteiger partial charge in [-0.25, -0.2) is 0 Å². The average Bonchev–Trinajstić information content (AvgIpc) is 3.18. The lowest BCUT2D eigenvalue weighted by molar-refractivity contribution is -0.152. The van der Waals surface area contributed by atoms with Crippen LogP contribution >= 0.6 is 0 Å². The number of aromatic nitrogens is 1. The van der Waals surface area contributed by atoms with E-state index >= 15 is 0 Å². The highest BCUT2D eigenvalue weighted by Crippen LogP contribution is 2.46. The summed E-state index contributed by atoms with van der Waals surface area (Å²) in [7, 11) is 1.62. The van der Waals surface area contributed by atoms with Gasteiger partial charge in [0.05, 0.1) is 31.2 Å². The Labute approximate surface area is 142 Å². The van der Waals surface area contributed by atoms with Gasteiger partial charge in [0, 0.05) is 19.9 Å². The molecule has 3 rings (SSSR count). The molecule has 0 unspecified atom stereocenters. The smallest absolute Gasteiger partial charge is 0.307 e. The topological polar surface area (TPSA) is 68.7 Å². The molecule has 2 fully saturated rings. The van der Waals surface area contributed by atoms with Gasteiger partial charge in [-0.2, -0.15) is 0 Å². The van der Waals surface area contributed by atoms with E-state index in [2.05, 4.69) is 4.98 Å². The van der Waals surface area contributed by atoms with Gasteiger partial charge in [-0.05, 0) is 37.8 Å². The van der Waals surface area contributed by atoms with Crippen molar-refractivity contribution in [1.29, 1.82) is 0 Å². The lowest BCUT2D eigenvalue weighted by Gasteiger charge is -2.32. The summed E-state index contributed by atoms with van der Waals surface area (Å²) in [6.45, 7) is 1.35. The van der Waals surface area contributed by atoms with Gasteiger partial charge in [0.1, 0.15) is 5.60 Å². The first-order valence-electron chi connectivity index (χ1n) is 8.54. The van der Waals surface area contributed by atoms with Crippen LogP contribution in [0.25, 0.3) is 0 Å². The van der Waals surface area contributed by atoms with Gasteiger partial charge in [-0.15, -0.1) is 0 Å². The lowest BCUT2D eigenvalue weighted by Crippen LogP contribution is -2.45. The molecule has 1 saturated carbocycles. The Kier molecular flexibility index (Phi) is 5.14. The van der Waals surface area contributed by atoms with Crippen LogP contribution in [0.3, 0.4) is 0 Å². The largest absolute Gasteiger partial charge is 0.458 e. The summed E-state index contributed by atoms with van der Waals surface area (Å²) in [6.07, 6.45) is 5.50. The monoisotopic (exact) mass is 332 g/mol. The number of hydrogen-bond acceptors (Lipinski definition) is 5. The Balaban J connectivity index is 1.78. The molecule has 2 heterocycles. The highest BCUT2D eigenvalue weighted by molar-refractivity contribution is 5.88. The summed E-state index contributed by atoms with van der Waals surface area (Å²) in [6, 6.07) is 5.65. The van der Waals surface area contributed by atoms with Crippen molar-refractivity contribution in [1.82, 2.24) is 9.88 Å². The summed E-state index contributed by atoms with van der Waals surface area (Å²) >= 11 is 0. The number of amides is 1. The Morgan fingerprint density at radius 1 is 1.42 bits per heavy atom. The predicted octanol–water partition coefficient (Wildman–Crippen LogP) is 1.93. The molecule has 6 nitrogen and oxygen atoms in total. The molecule has 1 aromatic heterocycles. The van der Waals surface area contributed by atoms with E-state index in [1.54, 1.807) is 18.2 Å². The van der Waals surface area contributed by atoms with Gasteiger partial charge in [0.2, 0.25) is 5.91 Å². The van der Waals surface area contributed by atoms with Crippen molar-refractivity contribution in [2.24, 2.45) is 5.92 Å². The quantitative estimate of drug-likeness (QED) is 0.745. The minimum absolute atomic E-state index is 0.0227. The van der Waals surface area contributed by atoms with Crippen molar-refractivity contribution in [3.8, 4) is 0 Å². The fourth-order valence-electron chi connectivity index (χ4n) is 3.80. The maximum Gasteiger partial charge on any atom is 0.307 e. The van der Waals surface area contributed by atoms with Gasteiger partial charge in [0.25, 0.3) is 0 Å². The number of pyridine rings is 1. The molecule has 1 amide bonds. The molecule has 2 aliphatic rings. The van der Waals surface area contributed by atoms with Gasteiger partial charge in [-0.1, -0.05) is 6.07 Å². The molecule has 0 bridgehead atoms. The molecule has 0 aromatic carbocycles. The van der Waals surface area contributed by atoms with Crippen molar-refractivity contribution in [3.63, 3.8) is 0 Å². The minimum atomic E-state index is -0.580. The van der Waals surface area contributed by atoms with Crippen LogP contribution in [-0.2, 0) is 25.6 Å². The highest BCUT2D eigenvalue weighted by atomic mass is 16.6. The number of methoxy groups -OCH3 is 1. The maximum atomic E-state index is 13.2. The van der Waals surface area contributed by atoms with Crippen LogP contribution in [-0.4, -0.2) is 47.6 Å². The Morgan fingerprint density at radius 3 is 2.88 bits per heavy atom. The van der Waals surface area contributed by atoms with E-state index in [-0.39, 0.29) is 24.2 Å². The van der Waals surface area contributed by atoms with Crippen LogP contribution in [0.15, 0.2) is 24.4 Å². The zero-order chi connectivity index (χ0) is 17.0. The zero-order valence-electron chi connectivity index (χ0n) is 14.1. The van der Waals surface area contributed by atoms with Crippen LogP contribution in [0.4, 0.5) is 0 Å². The third-order valence-corrected chi connectivity index (χ3v) is 5.03. The molecule has 0 N–H and O–H groups in total. The Bertz CT molecular complexity index is 584. The maximum absolute atomic E-state index is 13.2. The molecule has 1 spiro atoms. The van der Waals surface area contributed by atoms with Crippen molar-refractivity contribution in [2.45, 2.75) is 44.2 Å². The fourth-order valence-corrected chi connectivity index (χ4v) is 3.80. The minimum Gasteiger partial charge on any atom is -0.458 e. The SMILES string of the molecule is COCCN(Cc1ccccn1)C(=O)[C@@H]1CC(=O)OC12CCCC2. The summed E-state index contributed by atoms with van der Waals surface area (Å²) in [5.41, 5.74) is 0.247. The number of carbonyl (C=O) groups excluding carboxylic acids is 2. The lowest BCUT2D eigenvalue weighted by atomic mass is 9.84. The predicted molar refractivity (Wildman–Crippen MR) is 86.9 cm³/mol. The van der Waals surface area contributed by atoms with Crippen molar-refractivity contribution < 1.29 is 19.1 Å². The van der Waals surface area contributed by atoms with Crippen LogP contribution < -0.4 is 0 Å². The molecule has 6 heteroatoms. The summed E-state index contributed by atoms with van der Waals surface area (Å²) in [5, 5.41) is 0. The molecule has 24 heavy (non-hydrogen) atoms. The third-order valence-electron chi connectivity index (χ3n) is 5.03. The van der Waals surface area contributed by atoms with Gasteiger partial charge >= 0.3 is 5.97 Å². The van der Waals surface area contributed by atoms with E-state index in [0.29, 0.717) is 19.7 Å². The molecule has 0 radical (unpaired) electrons. The van der Waals surface area contributed by atoms with E-state index in [9.17, 15) is 9.59 Å². The van der Waals surface area contributed by atoms with E-state index in [0.717, 1.165) is 31.4 Å². The molecule has 1 atom stereocenters. The van der Waals surface area contributed by atoms with Crippen molar-refractivity contribution >= 4 is 11.9 Å². The van der Waals surface area contributed by atoms with Crippen molar-refractivity contribution in [2.75, 3.05) is 20.3 Å². The van der Waals surface area contributed by atoms with E-state index in [1.807, 2.05) is 18.2 Å². The highest BCUT2D eigenvalue weighted by Gasteiger charge is 2.54. The second kappa shape index (κ2) is 7.30. The molecule has 1 aromatic rings. The first-order chi connectivity index (χ1) is 11.6. The normalized spacial score (nSPS) is 21.9. The zero-order valence-corrected chi connectivity index (χ0v) is 14.1. The number of rotatable bonds is 6. The van der Waals surface area contributed by atoms with Gasteiger partial charge in [-0.3, -0.25) is 14.6 Å². The van der Waals surface area contributed by atoms with E-state index in [4.69, 9.17) is 9.47 Å². The van der Waals surface area contributed by atoms with Crippen LogP contribution in [0, 0.1) is 5.92 Å². The number of esters is 1. The Morgan fingerprint density at radius 2 is 2.21 bits per heavy atom. The van der Waals surface area contributed by atoms with Gasteiger partial charge in [0.15, 0.2) is 0 Å². The van der Waals surface area contributed by atoms with Crippen LogP contribution in [0.5, 0.6) is 0 Å². The number of carbonyl (C=O) groups is 2. The summed E-state index contributed by atoms with van der Waals surface area (Å²) in [4.78, 5) is 31.1. The standard InChI is InChI=1S/C18H24N2O4/c1-23-11-10-20(13-14-6-2-5-9-19-14)17(22)15-12-16(21)24-18(15)7-3-4-8-18/h2,5-6,9,15H,3-4,7-8,10-13H2,1H3/t15-/m0/s1. The molecular weight excluding hydrogens is 308 g/mol. The molecule has 1 saturated heterocycles. The summed E-state index contributed by atoms with van der Waals surface area (Å²) < 4.78 is 10.8. The summed E-state index contributed by atoms with van der Waals surface area (Å²) in [5.74, 6) is -0.654. The van der Waals surface area contributed by atoms with Gasteiger partial charge < -0.3 is 14.4 Å². The fraction of sp³-hybridized carbons (Fsp3) is 0.611. The first kappa shape index (κ1) is 16.9. The molecule has 130 valence electrons. The van der Waals surface area contributed by atoms with Crippen LogP contribution in [0.1, 0.15) is 37.8 Å². The van der Waals surface area contributed by atoms with Crippen molar-refractivity contribution in [3.05, 3.63) is 30.1 Å². The first-order valence-corrected chi connectivity index (χ1v) is 8.54. The molecular formula is C18H24N2O4. The Hall–Kier alpha value is -1.95. The number of nitrogens with zero attached hydrogens (tertiary/aromatic N) is 2. The average molecular weight is 332 g/mol. The van der Waals surface area contributed by atoms with Crippen LogP contribution in [0.2, 0.25) is 0 Å². The van der Waals surface area contributed by atoms with E-state index in [1.165, 1.54) is 0 Å².